The first-order valence-electron chi connectivity index (χ1n) is 12.5. The number of hydrogen-bond acceptors (Lipinski definition) is 3. The summed E-state index contributed by atoms with van der Waals surface area (Å²) < 4.78 is 7.63. The number of carbonyl (C=O) groups is 2. The zero-order valence-electron chi connectivity index (χ0n) is 19.1. The molecule has 0 saturated heterocycles. The van der Waals surface area contributed by atoms with Gasteiger partial charge in [-0.15, -0.1) is 0 Å². The zero-order valence-corrected chi connectivity index (χ0v) is 19.1. The van der Waals surface area contributed by atoms with E-state index >= 15 is 0 Å². The van der Waals surface area contributed by atoms with Gasteiger partial charge in [0.1, 0.15) is 17.0 Å². The summed E-state index contributed by atoms with van der Waals surface area (Å²) in [6.07, 6.45) is 13.9. The molecule has 1 N–H and O–H groups in total. The summed E-state index contributed by atoms with van der Waals surface area (Å²) >= 11 is 0. The largest absolute Gasteiger partial charge is 0.463 e. The van der Waals surface area contributed by atoms with Crippen molar-refractivity contribution in [2.45, 2.75) is 102 Å². The van der Waals surface area contributed by atoms with Crippen molar-refractivity contribution in [1.29, 1.82) is 0 Å². The van der Waals surface area contributed by atoms with Crippen LogP contribution < -0.4 is 5.32 Å². The third-order valence-corrected chi connectivity index (χ3v) is 7.81. The second-order valence-corrected chi connectivity index (χ2v) is 10.1. The van der Waals surface area contributed by atoms with Gasteiger partial charge in [-0.25, -0.2) is 0 Å². The van der Waals surface area contributed by atoms with Gasteiger partial charge in [0.15, 0.2) is 0 Å². The highest BCUT2D eigenvalue weighted by atomic mass is 16.3. The van der Waals surface area contributed by atoms with E-state index in [9.17, 15) is 9.59 Å². The standard InChI is InChI=1S/C26H35N3O3/c1-26(25(31)27-19-10-5-2-3-6-11-19)18-28-21(23-14-9-17-32-23)15-16-22(28)24(30)29(26)20-12-7-4-8-13-20/h9,14-17,19-20H,2-8,10-13,18H2,1H3,(H,27,31). The average molecular weight is 438 g/mol. The maximum absolute atomic E-state index is 13.9. The van der Waals surface area contributed by atoms with Crippen LogP contribution in [0.15, 0.2) is 34.9 Å². The minimum Gasteiger partial charge on any atom is -0.463 e. The third kappa shape index (κ3) is 3.78. The van der Waals surface area contributed by atoms with Crippen LogP contribution >= 0.6 is 0 Å². The molecule has 5 rings (SSSR count). The Labute approximate surface area is 190 Å². The highest BCUT2D eigenvalue weighted by Crippen LogP contribution is 2.38. The molecule has 1 atom stereocenters. The van der Waals surface area contributed by atoms with Gasteiger partial charge < -0.3 is 19.2 Å². The van der Waals surface area contributed by atoms with Gasteiger partial charge in [-0.2, -0.15) is 0 Å². The van der Waals surface area contributed by atoms with Crippen LogP contribution in [0, 0.1) is 0 Å². The van der Waals surface area contributed by atoms with E-state index in [1.807, 2.05) is 40.7 Å². The van der Waals surface area contributed by atoms with Crippen LogP contribution in [0.4, 0.5) is 0 Å². The predicted octanol–water partition coefficient (Wildman–Crippen LogP) is 5.13. The highest BCUT2D eigenvalue weighted by molar-refractivity contribution is 6.00. The predicted molar refractivity (Wildman–Crippen MR) is 123 cm³/mol. The van der Waals surface area contributed by atoms with Crippen molar-refractivity contribution in [3.63, 3.8) is 0 Å². The van der Waals surface area contributed by atoms with Crippen molar-refractivity contribution in [3.05, 3.63) is 36.2 Å². The van der Waals surface area contributed by atoms with Crippen LogP contribution in [-0.4, -0.2) is 38.9 Å². The topological polar surface area (TPSA) is 67.5 Å². The molecule has 2 aliphatic carbocycles. The monoisotopic (exact) mass is 437 g/mol. The maximum Gasteiger partial charge on any atom is 0.271 e. The van der Waals surface area contributed by atoms with E-state index in [2.05, 4.69) is 5.32 Å². The first-order valence-corrected chi connectivity index (χ1v) is 12.5. The molecule has 6 nitrogen and oxygen atoms in total. The lowest BCUT2D eigenvalue weighted by molar-refractivity contribution is -0.135. The normalized spacial score (nSPS) is 25.4. The van der Waals surface area contributed by atoms with Gasteiger partial charge >= 0.3 is 0 Å². The molecular formula is C26H35N3O3. The van der Waals surface area contributed by atoms with Crippen molar-refractivity contribution in [3.8, 4) is 11.5 Å². The molecule has 0 bridgehead atoms. The number of nitrogens with one attached hydrogen (secondary N) is 1. The van der Waals surface area contributed by atoms with Gasteiger partial charge in [0.25, 0.3) is 5.91 Å². The van der Waals surface area contributed by atoms with Crippen LogP contribution in [0.5, 0.6) is 0 Å². The number of hydrogen-bond donors (Lipinski definition) is 1. The fourth-order valence-electron chi connectivity index (χ4n) is 6.05. The van der Waals surface area contributed by atoms with Crippen molar-refractivity contribution in [2.75, 3.05) is 0 Å². The molecule has 1 unspecified atom stereocenters. The Hall–Kier alpha value is -2.50. The summed E-state index contributed by atoms with van der Waals surface area (Å²) in [6.45, 7) is 2.42. The smallest absolute Gasteiger partial charge is 0.271 e. The van der Waals surface area contributed by atoms with E-state index < -0.39 is 5.54 Å². The molecule has 2 aromatic rings. The molecule has 6 heteroatoms. The first-order chi connectivity index (χ1) is 15.6. The molecule has 172 valence electrons. The second-order valence-electron chi connectivity index (χ2n) is 10.1. The number of rotatable bonds is 4. The highest BCUT2D eigenvalue weighted by Gasteiger charge is 2.51. The first kappa shape index (κ1) is 21.4. The molecule has 2 amide bonds. The summed E-state index contributed by atoms with van der Waals surface area (Å²) in [7, 11) is 0. The molecule has 2 fully saturated rings. The molecule has 3 aliphatic rings. The molecule has 0 spiro atoms. The summed E-state index contributed by atoms with van der Waals surface area (Å²) in [6, 6.07) is 7.92. The summed E-state index contributed by atoms with van der Waals surface area (Å²) in [5, 5.41) is 3.37. The lowest BCUT2D eigenvalue weighted by Crippen LogP contribution is -2.67. The summed E-state index contributed by atoms with van der Waals surface area (Å²) in [4.78, 5) is 29.7. The minimum atomic E-state index is -0.918. The lowest BCUT2D eigenvalue weighted by atomic mass is 9.86. The maximum atomic E-state index is 13.9. The molecule has 32 heavy (non-hydrogen) atoms. The van der Waals surface area contributed by atoms with E-state index in [1.165, 1.54) is 19.3 Å². The van der Waals surface area contributed by atoms with E-state index in [0.717, 1.165) is 62.8 Å². The van der Waals surface area contributed by atoms with Gasteiger partial charge in [-0.05, 0) is 56.9 Å². The number of fused-ring (bicyclic) bond motifs is 1. The Morgan fingerprint density at radius 3 is 2.31 bits per heavy atom. The number of amides is 2. The zero-order chi connectivity index (χ0) is 22.1. The van der Waals surface area contributed by atoms with E-state index in [1.54, 1.807) is 6.26 Å². The van der Waals surface area contributed by atoms with Crippen LogP contribution in [0.25, 0.3) is 11.5 Å². The van der Waals surface area contributed by atoms with Gasteiger partial charge in [-0.1, -0.05) is 44.9 Å². The van der Waals surface area contributed by atoms with E-state index in [0.29, 0.717) is 12.2 Å². The van der Waals surface area contributed by atoms with Crippen LogP contribution in [0.2, 0.25) is 0 Å². The van der Waals surface area contributed by atoms with Crippen molar-refractivity contribution in [2.24, 2.45) is 0 Å². The molecule has 0 aromatic carbocycles. The van der Waals surface area contributed by atoms with Gasteiger partial charge in [0.2, 0.25) is 5.91 Å². The van der Waals surface area contributed by atoms with Crippen molar-refractivity contribution < 1.29 is 14.0 Å². The summed E-state index contributed by atoms with van der Waals surface area (Å²) in [5.41, 5.74) is 0.593. The van der Waals surface area contributed by atoms with E-state index in [-0.39, 0.29) is 23.9 Å². The minimum absolute atomic E-state index is 0.00642. The Morgan fingerprint density at radius 1 is 0.969 bits per heavy atom. The molecule has 0 radical (unpaired) electrons. The Balaban J connectivity index is 1.51. The van der Waals surface area contributed by atoms with Gasteiger partial charge in [0, 0.05) is 12.1 Å². The fourth-order valence-corrected chi connectivity index (χ4v) is 6.05. The fraction of sp³-hybridized carbons (Fsp3) is 0.615. The van der Waals surface area contributed by atoms with Crippen LogP contribution in [0.1, 0.15) is 88.0 Å². The Morgan fingerprint density at radius 2 is 1.62 bits per heavy atom. The number of nitrogens with zero attached hydrogens (tertiary/aromatic N) is 2. The van der Waals surface area contributed by atoms with Gasteiger partial charge in [0.05, 0.1) is 18.5 Å². The molecular weight excluding hydrogens is 402 g/mol. The van der Waals surface area contributed by atoms with Crippen LogP contribution in [-0.2, 0) is 11.3 Å². The van der Waals surface area contributed by atoms with Gasteiger partial charge in [-0.3, -0.25) is 9.59 Å². The van der Waals surface area contributed by atoms with E-state index in [4.69, 9.17) is 4.42 Å². The number of carbonyl (C=O) groups excluding carboxylic acids is 2. The van der Waals surface area contributed by atoms with Crippen molar-refractivity contribution >= 4 is 11.8 Å². The lowest BCUT2D eigenvalue weighted by Gasteiger charge is -2.49. The molecule has 1 aliphatic heterocycles. The van der Waals surface area contributed by atoms with Crippen molar-refractivity contribution in [1.82, 2.24) is 14.8 Å². The molecule has 2 saturated carbocycles. The Bertz CT molecular complexity index is 949. The van der Waals surface area contributed by atoms with Crippen LogP contribution in [0.3, 0.4) is 0 Å². The second kappa shape index (κ2) is 8.80. The molecule has 3 heterocycles. The average Bonchev–Trinajstić information content (AvgIpc) is 3.39. The Kier molecular flexibility index (Phi) is 5.87. The number of aromatic nitrogens is 1. The number of furan rings is 1. The quantitative estimate of drug-likeness (QED) is 0.674. The summed E-state index contributed by atoms with van der Waals surface area (Å²) in [5.74, 6) is 0.689. The third-order valence-electron chi connectivity index (χ3n) is 7.81. The molecule has 2 aromatic heterocycles. The SMILES string of the molecule is CC1(C(=O)NC2CCCCCC2)Cn2c(ccc2-c2ccco2)C(=O)N1C1CCCCC1.